The van der Waals surface area contributed by atoms with E-state index in [2.05, 4.69) is 17.3 Å². The second kappa shape index (κ2) is 5.83. The van der Waals surface area contributed by atoms with Crippen molar-refractivity contribution >= 4 is 11.6 Å². The van der Waals surface area contributed by atoms with Gasteiger partial charge in [-0.25, -0.2) is 0 Å². The van der Waals surface area contributed by atoms with Crippen LogP contribution in [0.25, 0.3) is 0 Å². The number of likely N-dealkylation sites (N-methyl/N-ethyl adjacent to an activating group) is 1. The molecule has 0 radical (unpaired) electrons. The Morgan fingerprint density at radius 1 is 1.47 bits per heavy atom. The average molecular weight is 255 g/mol. The van der Waals surface area contributed by atoms with Gasteiger partial charge < -0.3 is 15.3 Å². The fourth-order valence-corrected chi connectivity index (χ4v) is 2.31. The first-order chi connectivity index (χ1) is 8.15. The van der Waals surface area contributed by atoms with Crippen LogP contribution in [-0.2, 0) is 0 Å². The Bertz CT molecular complexity index is 355. The van der Waals surface area contributed by atoms with Gasteiger partial charge in [0.1, 0.15) is 0 Å². The molecule has 0 saturated carbocycles. The van der Waals surface area contributed by atoms with Crippen molar-refractivity contribution in [2.75, 3.05) is 26.7 Å². The quantitative estimate of drug-likeness (QED) is 0.858. The van der Waals surface area contributed by atoms with Crippen molar-refractivity contribution in [2.45, 2.75) is 18.6 Å². The lowest BCUT2D eigenvalue weighted by Gasteiger charge is -2.16. The summed E-state index contributed by atoms with van der Waals surface area (Å²) in [5.41, 5.74) is 0.910. The van der Waals surface area contributed by atoms with E-state index in [1.54, 1.807) is 0 Å². The standard InChI is InChI=1S/C13H19ClN2O/c1-16-7-6-12(9-16)15-8-13(17)10-2-4-11(14)5-3-10/h2-5,12-13,15,17H,6-9H2,1H3. The van der Waals surface area contributed by atoms with Crippen LogP contribution in [0.1, 0.15) is 18.1 Å². The van der Waals surface area contributed by atoms with Gasteiger partial charge in [-0.3, -0.25) is 0 Å². The molecule has 1 heterocycles. The number of benzene rings is 1. The van der Waals surface area contributed by atoms with E-state index in [0.29, 0.717) is 17.6 Å². The first kappa shape index (κ1) is 12.8. The van der Waals surface area contributed by atoms with E-state index in [1.165, 1.54) is 0 Å². The molecule has 2 unspecified atom stereocenters. The van der Waals surface area contributed by atoms with Gasteiger partial charge in [0.15, 0.2) is 0 Å². The van der Waals surface area contributed by atoms with Crippen LogP contribution < -0.4 is 5.32 Å². The Morgan fingerprint density at radius 2 is 2.18 bits per heavy atom. The van der Waals surface area contributed by atoms with Crippen molar-refractivity contribution in [1.29, 1.82) is 0 Å². The molecule has 0 aromatic heterocycles. The van der Waals surface area contributed by atoms with Gasteiger partial charge in [0.25, 0.3) is 0 Å². The Hall–Kier alpha value is -0.610. The number of hydrogen-bond donors (Lipinski definition) is 2. The number of rotatable bonds is 4. The molecule has 2 N–H and O–H groups in total. The van der Waals surface area contributed by atoms with Crippen molar-refractivity contribution in [3.63, 3.8) is 0 Å². The highest BCUT2D eigenvalue weighted by molar-refractivity contribution is 6.30. The molecule has 3 nitrogen and oxygen atoms in total. The fraction of sp³-hybridized carbons (Fsp3) is 0.538. The highest BCUT2D eigenvalue weighted by Gasteiger charge is 2.19. The SMILES string of the molecule is CN1CCC(NCC(O)c2ccc(Cl)cc2)C1. The molecule has 1 aliphatic rings. The Balaban J connectivity index is 1.81. The molecule has 0 spiro atoms. The minimum atomic E-state index is -0.460. The summed E-state index contributed by atoms with van der Waals surface area (Å²) in [7, 11) is 2.12. The molecule has 1 aliphatic heterocycles. The van der Waals surface area contributed by atoms with Crippen LogP contribution in [-0.4, -0.2) is 42.7 Å². The van der Waals surface area contributed by atoms with Crippen LogP contribution in [0, 0.1) is 0 Å². The Labute approximate surface area is 107 Å². The van der Waals surface area contributed by atoms with Gasteiger partial charge in [-0.1, -0.05) is 23.7 Å². The Morgan fingerprint density at radius 3 is 2.76 bits per heavy atom. The molecule has 1 aromatic rings. The highest BCUT2D eigenvalue weighted by atomic mass is 35.5. The first-order valence-corrected chi connectivity index (χ1v) is 6.38. The number of hydrogen-bond acceptors (Lipinski definition) is 3. The van der Waals surface area contributed by atoms with Crippen molar-refractivity contribution in [3.8, 4) is 0 Å². The molecule has 0 bridgehead atoms. The van der Waals surface area contributed by atoms with E-state index in [-0.39, 0.29) is 0 Å². The number of nitrogens with zero attached hydrogens (tertiary/aromatic N) is 1. The van der Waals surface area contributed by atoms with Crippen LogP contribution in [0.5, 0.6) is 0 Å². The summed E-state index contributed by atoms with van der Waals surface area (Å²) in [5, 5.41) is 14.1. The summed E-state index contributed by atoms with van der Waals surface area (Å²) < 4.78 is 0. The summed E-state index contributed by atoms with van der Waals surface area (Å²) in [6.07, 6.45) is 0.697. The molecule has 1 saturated heterocycles. The van der Waals surface area contributed by atoms with Gasteiger partial charge in [0.2, 0.25) is 0 Å². The van der Waals surface area contributed by atoms with Gasteiger partial charge in [-0.2, -0.15) is 0 Å². The second-order valence-electron chi connectivity index (χ2n) is 4.72. The maximum atomic E-state index is 10.0. The molecule has 0 aliphatic carbocycles. The molecule has 2 atom stereocenters. The lowest BCUT2D eigenvalue weighted by atomic mass is 10.1. The van der Waals surface area contributed by atoms with Crippen LogP contribution in [0.15, 0.2) is 24.3 Å². The van der Waals surface area contributed by atoms with Crippen molar-refractivity contribution < 1.29 is 5.11 Å². The van der Waals surface area contributed by atoms with Crippen molar-refractivity contribution in [2.24, 2.45) is 0 Å². The van der Waals surface area contributed by atoms with Gasteiger partial charge in [-0.15, -0.1) is 0 Å². The van der Waals surface area contributed by atoms with Gasteiger partial charge >= 0.3 is 0 Å². The number of likely N-dealkylation sites (tertiary alicyclic amines) is 1. The number of aliphatic hydroxyl groups is 1. The van der Waals surface area contributed by atoms with Crippen molar-refractivity contribution in [3.05, 3.63) is 34.9 Å². The summed E-state index contributed by atoms with van der Waals surface area (Å²) in [6, 6.07) is 7.86. The van der Waals surface area contributed by atoms with E-state index in [0.717, 1.165) is 25.1 Å². The number of nitrogens with one attached hydrogen (secondary N) is 1. The van der Waals surface area contributed by atoms with Gasteiger partial charge in [0, 0.05) is 24.2 Å². The summed E-state index contributed by atoms with van der Waals surface area (Å²) in [4.78, 5) is 2.30. The van der Waals surface area contributed by atoms with E-state index in [1.807, 2.05) is 24.3 Å². The minimum Gasteiger partial charge on any atom is -0.387 e. The first-order valence-electron chi connectivity index (χ1n) is 6.00. The molecule has 0 amide bonds. The maximum absolute atomic E-state index is 10.0. The van der Waals surface area contributed by atoms with E-state index in [9.17, 15) is 5.11 Å². The zero-order valence-electron chi connectivity index (χ0n) is 10.1. The highest BCUT2D eigenvalue weighted by Crippen LogP contribution is 2.16. The lowest BCUT2D eigenvalue weighted by Crippen LogP contribution is -2.34. The summed E-state index contributed by atoms with van der Waals surface area (Å²) in [5.74, 6) is 0. The van der Waals surface area contributed by atoms with Gasteiger partial charge in [-0.05, 0) is 37.7 Å². The largest absolute Gasteiger partial charge is 0.387 e. The maximum Gasteiger partial charge on any atom is 0.0914 e. The topological polar surface area (TPSA) is 35.5 Å². The fourth-order valence-electron chi connectivity index (χ4n) is 2.18. The normalized spacial score (nSPS) is 22.9. The molecule has 2 rings (SSSR count). The van der Waals surface area contributed by atoms with Crippen LogP contribution in [0.2, 0.25) is 5.02 Å². The van der Waals surface area contributed by atoms with E-state index >= 15 is 0 Å². The van der Waals surface area contributed by atoms with Crippen LogP contribution in [0.3, 0.4) is 0 Å². The molecular formula is C13H19ClN2O. The molecule has 17 heavy (non-hydrogen) atoms. The lowest BCUT2D eigenvalue weighted by molar-refractivity contribution is 0.170. The third-order valence-electron chi connectivity index (χ3n) is 3.25. The monoisotopic (exact) mass is 254 g/mol. The molecule has 1 fully saturated rings. The Kier molecular flexibility index (Phi) is 4.40. The van der Waals surface area contributed by atoms with Crippen molar-refractivity contribution in [1.82, 2.24) is 10.2 Å². The molecule has 94 valence electrons. The zero-order valence-corrected chi connectivity index (χ0v) is 10.8. The van der Waals surface area contributed by atoms with E-state index < -0.39 is 6.10 Å². The molecular weight excluding hydrogens is 236 g/mol. The predicted molar refractivity (Wildman–Crippen MR) is 70.3 cm³/mol. The zero-order chi connectivity index (χ0) is 12.3. The summed E-state index contributed by atoms with van der Waals surface area (Å²) in [6.45, 7) is 2.79. The molecule has 1 aromatic carbocycles. The average Bonchev–Trinajstić information content (AvgIpc) is 2.73. The number of aliphatic hydroxyl groups excluding tert-OH is 1. The minimum absolute atomic E-state index is 0.460. The number of halogens is 1. The van der Waals surface area contributed by atoms with Crippen LogP contribution >= 0.6 is 11.6 Å². The smallest absolute Gasteiger partial charge is 0.0914 e. The third-order valence-corrected chi connectivity index (χ3v) is 3.50. The second-order valence-corrected chi connectivity index (χ2v) is 5.16. The van der Waals surface area contributed by atoms with E-state index in [4.69, 9.17) is 11.6 Å². The third kappa shape index (κ3) is 3.68. The van der Waals surface area contributed by atoms with Gasteiger partial charge in [0.05, 0.1) is 6.10 Å². The predicted octanol–water partition coefficient (Wildman–Crippen LogP) is 1.67. The summed E-state index contributed by atoms with van der Waals surface area (Å²) >= 11 is 5.81. The molecule has 4 heteroatoms. The van der Waals surface area contributed by atoms with Crippen LogP contribution in [0.4, 0.5) is 0 Å².